The van der Waals surface area contributed by atoms with Crippen molar-refractivity contribution in [2.24, 2.45) is 28.2 Å². The fourth-order valence-corrected chi connectivity index (χ4v) is 17.1. The highest BCUT2D eigenvalue weighted by molar-refractivity contribution is 14.1. The summed E-state index contributed by atoms with van der Waals surface area (Å²) >= 11 is 81.3. The standard InChI is InChI=1S/2C22H19Cl2N5O2.2C14H9Cl3N4.C13H7Cl3N4.2C8H11NO2.CH3I/c1-29-12-16(21(28-29)15-6-4-13(23)10-17(15)24)18-8-9-25-22(27-18)26-14-5-7-19(30-2)20(11-14)31-3;1-29-21(15-6-4-13(23)10-17(15)24)16(12-26-29)18-8-9-25-22(28-18)27-14-5-7-19(30-2)20(11-14)31-3;1-21-7-10(12-4-5-18-14(17)19-12)13(20-21)9-3-2-8(15)6-11(9)16;1-21-13(9-3-2-8(15)6-11(9)16)10(7-19-21)12-4-5-18-14(17)20-12;14-7-1-2-8(10(15)5-7)12-9(6-18-20-12)11-3-4-17-13(16)19-11;2*1-10-7-4-3-6(9)5-8(7)11-2;1-2/h4-12H,1-3H3,(H,25,26,27);4-12H,1-3H3,(H,25,27,28);2*2-7H,1H3;1-6H,(H,18,20);2*3-5H,9H2,1-2H3;1H3. The number of hydrogen-bond donors (Lipinski definition) is 5. The molecule has 0 bridgehead atoms. The van der Waals surface area contributed by atoms with Crippen LogP contribution in [-0.2, 0) is 28.2 Å². The highest BCUT2D eigenvalue weighted by Crippen LogP contribution is 2.44. The number of rotatable bonds is 22. The molecule has 0 aliphatic carbocycles. The Labute approximate surface area is 929 Å². The van der Waals surface area contributed by atoms with Crippen LogP contribution in [0.15, 0.2) is 256 Å². The zero-order chi connectivity index (χ0) is 107. The van der Waals surface area contributed by atoms with Crippen LogP contribution < -0.4 is 60.0 Å². The average Bonchev–Trinajstić information content (AvgIpc) is 1.64. The van der Waals surface area contributed by atoms with Crippen LogP contribution in [-0.4, -0.2) is 161 Å². The van der Waals surface area contributed by atoms with Crippen LogP contribution in [0.2, 0.25) is 66.1 Å². The zero-order valence-electron chi connectivity index (χ0n) is 80.5. The fraction of sp³-hybridized carbons (Fsp3) is 0.127. The van der Waals surface area contributed by atoms with Crippen LogP contribution in [0.4, 0.5) is 34.6 Å². The average molecular weight is 2370 g/mol. The Kier molecular flexibility index (Phi) is 41.7. The third kappa shape index (κ3) is 29.8. The first-order valence-electron chi connectivity index (χ1n) is 43.1. The maximum atomic E-state index is 6.45. The van der Waals surface area contributed by atoms with E-state index in [4.69, 9.17) is 200 Å². The molecule has 0 spiro atoms. The lowest BCUT2D eigenvalue weighted by Crippen LogP contribution is -2.00. The van der Waals surface area contributed by atoms with E-state index in [2.05, 4.69) is 114 Å². The van der Waals surface area contributed by atoms with Crippen molar-refractivity contribution in [3.05, 3.63) is 322 Å². The number of benzene rings is 9. The van der Waals surface area contributed by atoms with Crippen molar-refractivity contribution < 1.29 is 37.9 Å². The molecule has 0 fully saturated rings. The van der Waals surface area contributed by atoms with Crippen LogP contribution in [0, 0.1) is 0 Å². The molecule has 148 heavy (non-hydrogen) atoms. The summed E-state index contributed by atoms with van der Waals surface area (Å²) in [6.45, 7) is 0. The zero-order valence-corrected chi connectivity index (χ0v) is 92.4. The number of halogens is 14. The van der Waals surface area contributed by atoms with Gasteiger partial charge >= 0.3 is 0 Å². The number of nitrogens with zero attached hydrogens (tertiary/aromatic N) is 19. The number of H-pyrrole nitrogens is 1. The van der Waals surface area contributed by atoms with Crippen LogP contribution in [0.3, 0.4) is 0 Å². The first-order valence-corrected chi connectivity index (χ1v) is 50.2. The number of methoxy groups -OCH3 is 8. The normalized spacial score (nSPS) is 10.5. The largest absolute Gasteiger partial charge is 0.493 e. The van der Waals surface area contributed by atoms with Crippen molar-refractivity contribution in [1.82, 2.24) is 99.2 Å². The van der Waals surface area contributed by atoms with Crippen molar-refractivity contribution >= 4 is 208 Å². The lowest BCUT2D eigenvalue weighted by atomic mass is 10.1. The molecule has 19 rings (SSSR count). The van der Waals surface area contributed by atoms with E-state index in [-0.39, 0.29) is 15.9 Å². The molecule has 7 N–H and O–H groups in total. The van der Waals surface area contributed by atoms with Gasteiger partial charge in [-0.25, -0.2) is 49.8 Å². The molecule has 0 saturated carbocycles. The van der Waals surface area contributed by atoms with Gasteiger partial charge in [0.25, 0.3) is 0 Å². The second-order valence-electron chi connectivity index (χ2n) is 30.3. The summed E-state index contributed by atoms with van der Waals surface area (Å²) in [6, 6.07) is 57.0. The molecule has 0 aliphatic heterocycles. The molecule has 0 radical (unpaired) electrons. The fourth-order valence-electron chi connectivity index (χ4n) is 14.1. The number of aromatic nitrogens is 20. The molecule has 19 aromatic rings. The molecule has 32 nitrogen and oxygen atoms in total. The van der Waals surface area contributed by atoms with Gasteiger partial charge in [0.05, 0.1) is 146 Å². The van der Waals surface area contributed by atoms with Crippen molar-refractivity contribution in [1.29, 1.82) is 0 Å². The topological polar surface area (TPSA) is 379 Å². The van der Waals surface area contributed by atoms with Gasteiger partial charge in [-0.2, -0.15) is 25.5 Å². The minimum atomic E-state index is 0.178. The first kappa shape index (κ1) is 113. The maximum Gasteiger partial charge on any atom is 0.227 e. The lowest BCUT2D eigenvalue weighted by Gasteiger charge is -2.11. The smallest absolute Gasteiger partial charge is 0.227 e. The van der Waals surface area contributed by atoms with Crippen molar-refractivity contribution in [2.45, 2.75) is 0 Å². The summed E-state index contributed by atoms with van der Waals surface area (Å²) in [7, 11) is 20.1. The SMILES string of the molecule is CI.COc1ccc(N)cc1OC.COc1ccc(N)cc1OC.COc1ccc(Nc2nccc(-c3cn(C)nc3-c3ccc(Cl)cc3Cl)n2)cc1OC.COc1ccc(Nc2nccc(-c3cnn(C)c3-c3ccc(Cl)cc3Cl)n2)cc1OC.Clc1ccc(-c2[nH]ncc2-c2ccnc(Cl)n2)c(Cl)c1.Cn1cc(-c2ccnc(Cl)n2)c(-c2ccc(Cl)cc2Cl)n1.Cn1ncc(-c2ccnc(Cl)n2)c1-c1ccc(Cl)cc1Cl. The van der Waals surface area contributed by atoms with Gasteiger partial charge in [0.15, 0.2) is 46.0 Å². The summed E-state index contributed by atoms with van der Waals surface area (Å²) in [5.41, 5.74) is 29.3. The van der Waals surface area contributed by atoms with Gasteiger partial charge < -0.3 is 60.0 Å². The van der Waals surface area contributed by atoms with Gasteiger partial charge in [0.2, 0.25) is 27.7 Å². The quantitative estimate of drug-likeness (QED) is 0.0182. The molecular weight excluding hydrogens is 2280 g/mol. The number of nitrogen functional groups attached to an aromatic ring is 2. The van der Waals surface area contributed by atoms with E-state index in [1.807, 2.05) is 124 Å². The predicted octanol–water partition coefficient (Wildman–Crippen LogP) is 28.3. The highest BCUT2D eigenvalue weighted by Gasteiger charge is 2.25. The monoisotopic (exact) mass is 2360 g/mol. The molecular formula is C102H88Cl13IN24O8. The molecule has 0 unspecified atom stereocenters. The number of hydrogen-bond acceptors (Lipinski definition) is 27. The summed E-state index contributed by atoms with van der Waals surface area (Å²) in [6.07, 6.45) is 17.1. The molecule has 46 heteroatoms. The Balaban J connectivity index is 0.000000157. The predicted molar refractivity (Wildman–Crippen MR) is 602 cm³/mol. The van der Waals surface area contributed by atoms with Gasteiger partial charge in [-0.05, 0) is 210 Å². The van der Waals surface area contributed by atoms with Gasteiger partial charge in [-0.1, -0.05) is 139 Å². The number of anilines is 6. The molecule has 0 saturated heterocycles. The number of aryl methyl sites for hydroxylation is 4. The van der Waals surface area contributed by atoms with E-state index >= 15 is 0 Å². The van der Waals surface area contributed by atoms with Gasteiger partial charge in [-0.3, -0.25) is 23.8 Å². The second kappa shape index (κ2) is 54.5. The highest BCUT2D eigenvalue weighted by atomic mass is 127. The third-order valence-corrected chi connectivity index (χ3v) is 24.1. The van der Waals surface area contributed by atoms with Crippen molar-refractivity contribution in [2.75, 3.05) is 83.9 Å². The lowest BCUT2D eigenvalue weighted by molar-refractivity contribution is 0.355. The van der Waals surface area contributed by atoms with Crippen LogP contribution in [0.5, 0.6) is 46.0 Å². The number of aromatic amines is 1. The van der Waals surface area contributed by atoms with Crippen LogP contribution >= 0.6 is 173 Å². The van der Waals surface area contributed by atoms with E-state index in [0.29, 0.717) is 159 Å². The van der Waals surface area contributed by atoms with E-state index in [1.165, 1.54) is 0 Å². The number of nitrogens with two attached hydrogens (primary N) is 2. The molecule has 9 aromatic carbocycles. The Morgan fingerprint density at radius 3 is 0.912 bits per heavy atom. The maximum absolute atomic E-state index is 6.45. The summed E-state index contributed by atoms with van der Waals surface area (Å²) in [5, 5.41) is 37.2. The van der Waals surface area contributed by atoms with E-state index in [1.54, 1.807) is 240 Å². The summed E-state index contributed by atoms with van der Waals surface area (Å²) in [5.74, 6) is 6.07. The van der Waals surface area contributed by atoms with Crippen LogP contribution in [0.25, 0.3) is 113 Å². The third-order valence-electron chi connectivity index (χ3n) is 20.8. The van der Waals surface area contributed by atoms with Crippen molar-refractivity contribution in [3.8, 4) is 159 Å². The molecule has 762 valence electrons. The first-order chi connectivity index (χ1) is 71.3. The minimum absolute atomic E-state index is 0.178. The van der Waals surface area contributed by atoms with E-state index in [0.717, 1.165) is 84.1 Å². The molecule has 0 aliphatic rings. The minimum Gasteiger partial charge on any atom is -0.493 e. The Bertz CT molecular complexity index is 7600. The van der Waals surface area contributed by atoms with E-state index in [9.17, 15) is 0 Å². The molecule has 10 aromatic heterocycles. The van der Waals surface area contributed by atoms with Crippen LogP contribution in [0.1, 0.15) is 0 Å². The molecule has 10 heterocycles. The van der Waals surface area contributed by atoms with E-state index < -0.39 is 0 Å². The number of ether oxygens (including phenoxy) is 8. The Morgan fingerprint density at radius 1 is 0.291 bits per heavy atom. The molecule has 0 atom stereocenters. The summed E-state index contributed by atoms with van der Waals surface area (Å²) in [4.78, 5) is 44.2. The van der Waals surface area contributed by atoms with Gasteiger partial charge in [0.1, 0.15) is 11.4 Å². The number of alkyl halides is 1. The Morgan fingerprint density at radius 2 is 0.581 bits per heavy atom. The van der Waals surface area contributed by atoms with Gasteiger partial charge in [-0.15, -0.1) is 0 Å². The molecule has 0 amide bonds. The number of nitrogens with one attached hydrogen (secondary N) is 3. The summed E-state index contributed by atoms with van der Waals surface area (Å²) < 4.78 is 48.2. The Hall–Kier alpha value is -13.5. The van der Waals surface area contributed by atoms with Crippen molar-refractivity contribution in [3.63, 3.8) is 0 Å². The second-order valence-corrected chi connectivity index (χ2v) is 35.5. The van der Waals surface area contributed by atoms with Gasteiger partial charge in [0, 0.05) is 199 Å².